The van der Waals surface area contributed by atoms with E-state index in [9.17, 15) is 5.11 Å². The summed E-state index contributed by atoms with van der Waals surface area (Å²) >= 11 is 12.2. The van der Waals surface area contributed by atoms with Crippen LogP contribution >= 0.6 is 23.2 Å². The molecule has 0 heterocycles. The van der Waals surface area contributed by atoms with Crippen molar-refractivity contribution >= 4 is 23.2 Å². The van der Waals surface area contributed by atoms with E-state index in [0.29, 0.717) is 35.4 Å². The van der Waals surface area contributed by atoms with Crippen LogP contribution in [0.4, 0.5) is 0 Å². The largest absolute Gasteiger partial charge is 0.492 e. The fourth-order valence-corrected chi connectivity index (χ4v) is 2.16. The van der Waals surface area contributed by atoms with Gasteiger partial charge in [-0.2, -0.15) is 0 Å². The van der Waals surface area contributed by atoms with Gasteiger partial charge in [-0.05, 0) is 32.5 Å². The number of nitrogens with one attached hydrogen (secondary N) is 1. The lowest BCUT2D eigenvalue weighted by Crippen LogP contribution is -2.22. The van der Waals surface area contributed by atoms with Gasteiger partial charge < -0.3 is 15.2 Å². The lowest BCUT2D eigenvalue weighted by molar-refractivity contribution is 0.0552. The average Bonchev–Trinajstić information content (AvgIpc) is 2.27. The number of ether oxygens (including phenoxy) is 1. The van der Waals surface area contributed by atoms with Crippen LogP contribution in [0.2, 0.25) is 10.0 Å². The molecule has 0 fully saturated rings. The third-order valence-electron chi connectivity index (χ3n) is 2.61. The molecule has 0 unspecified atom stereocenters. The third-order valence-corrected chi connectivity index (χ3v) is 3.11. The molecule has 108 valence electrons. The second kappa shape index (κ2) is 7.34. The molecule has 1 aromatic carbocycles. The van der Waals surface area contributed by atoms with Gasteiger partial charge in [0.2, 0.25) is 0 Å². The highest BCUT2D eigenvalue weighted by Crippen LogP contribution is 2.32. The lowest BCUT2D eigenvalue weighted by atomic mass is 10.1. The van der Waals surface area contributed by atoms with E-state index in [0.717, 1.165) is 12.1 Å². The molecule has 5 heteroatoms. The Balaban J connectivity index is 2.79. The van der Waals surface area contributed by atoms with Crippen LogP contribution in [0, 0.1) is 0 Å². The minimum Gasteiger partial charge on any atom is -0.492 e. The molecule has 0 amide bonds. The van der Waals surface area contributed by atoms with E-state index in [-0.39, 0.29) is 0 Å². The van der Waals surface area contributed by atoms with Crippen LogP contribution < -0.4 is 10.1 Å². The summed E-state index contributed by atoms with van der Waals surface area (Å²) in [7, 11) is 0. The molecule has 0 saturated carbocycles. The van der Waals surface area contributed by atoms with Gasteiger partial charge in [0.25, 0.3) is 0 Å². The van der Waals surface area contributed by atoms with Gasteiger partial charge in [-0.25, -0.2) is 0 Å². The fraction of sp³-hybridized carbons (Fsp3) is 0.571. The van der Waals surface area contributed by atoms with E-state index in [1.165, 1.54) is 0 Å². The van der Waals surface area contributed by atoms with Gasteiger partial charge >= 0.3 is 0 Å². The number of halogens is 2. The molecule has 1 rings (SSSR count). The van der Waals surface area contributed by atoms with E-state index in [2.05, 4.69) is 5.32 Å². The first kappa shape index (κ1) is 16.6. The summed E-state index contributed by atoms with van der Waals surface area (Å²) in [6.07, 6.45) is 0.534. The van der Waals surface area contributed by atoms with Crippen molar-refractivity contribution in [2.75, 3.05) is 13.2 Å². The topological polar surface area (TPSA) is 41.5 Å². The third kappa shape index (κ3) is 6.00. The highest BCUT2D eigenvalue weighted by atomic mass is 35.5. The van der Waals surface area contributed by atoms with Crippen molar-refractivity contribution in [2.24, 2.45) is 0 Å². The van der Waals surface area contributed by atoms with Crippen molar-refractivity contribution in [3.05, 3.63) is 27.7 Å². The van der Waals surface area contributed by atoms with Crippen molar-refractivity contribution in [3.63, 3.8) is 0 Å². The van der Waals surface area contributed by atoms with Crippen molar-refractivity contribution in [2.45, 2.75) is 39.3 Å². The molecule has 0 aliphatic carbocycles. The molecule has 1 aromatic rings. The summed E-state index contributed by atoms with van der Waals surface area (Å²) in [6.45, 7) is 7.44. The number of hydrogen-bond acceptors (Lipinski definition) is 3. The number of rotatable bonds is 7. The molecule has 0 spiro atoms. The van der Waals surface area contributed by atoms with Gasteiger partial charge in [0.05, 0.1) is 17.2 Å². The molecule has 0 radical (unpaired) electrons. The molecule has 19 heavy (non-hydrogen) atoms. The predicted molar refractivity (Wildman–Crippen MR) is 80.3 cm³/mol. The zero-order valence-electron chi connectivity index (χ0n) is 11.6. The maximum absolute atomic E-state index is 9.67. The number of hydrogen-bond donors (Lipinski definition) is 2. The van der Waals surface area contributed by atoms with Gasteiger partial charge in [-0.1, -0.05) is 30.1 Å². The van der Waals surface area contributed by atoms with E-state index < -0.39 is 5.60 Å². The molecule has 3 nitrogen and oxygen atoms in total. The van der Waals surface area contributed by atoms with Crippen molar-refractivity contribution in [3.8, 4) is 5.75 Å². The van der Waals surface area contributed by atoms with Crippen molar-refractivity contribution < 1.29 is 9.84 Å². The first-order valence-corrected chi connectivity index (χ1v) is 7.13. The van der Waals surface area contributed by atoms with Gasteiger partial charge in [-0.15, -0.1) is 0 Å². The quantitative estimate of drug-likeness (QED) is 0.808. The van der Waals surface area contributed by atoms with Gasteiger partial charge in [0, 0.05) is 23.6 Å². The minimum atomic E-state index is -0.749. The number of benzene rings is 1. The smallest absolute Gasteiger partial charge is 0.142 e. The van der Waals surface area contributed by atoms with E-state index >= 15 is 0 Å². The normalized spacial score (nSPS) is 11.7. The number of aliphatic hydroxyl groups is 1. The summed E-state index contributed by atoms with van der Waals surface area (Å²) < 4.78 is 5.71. The first-order valence-electron chi connectivity index (χ1n) is 6.37. The maximum atomic E-state index is 9.67. The summed E-state index contributed by atoms with van der Waals surface area (Å²) in [5.41, 5.74) is 0.177. The van der Waals surface area contributed by atoms with Gasteiger partial charge in [0.15, 0.2) is 0 Å². The van der Waals surface area contributed by atoms with Crippen LogP contribution in [-0.4, -0.2) is 23.9 Å². The monoisotopic (exact) mass is 305 g/mol. The van der Waals surface area contributed by atoms with Crippen LogP contribution in [0.3, 0.4) is 0 Å². The Bertz CT molecular complexity index is 417. The van der Waals surface area contributed by atoms with E-state index in [1.54, 1.807) is 19.9 Å². The molecular formula is C14H21Cl2NO2. The second-order valence-electron chi connectivity index (χ2n) is 5.07. The molecule has 0 aliphatic rings. The Morgan fingerprint density at radius 3 is 2.58 bits per heavy atom. The Hall–Kier alpha value is -0.480. The summed E-state index contributed by atoms with van der Waals surface area (Å²) in [6, 6.07) is 3.51. The molecule has 2 N–H and O–H groups in total. The molecule has 0 aromatic heterocycles. The van der Waals surface area contributed by atoms with Gasteiger partial charge in [-0.3, -0.25) is 0 Å². The second-order valence-corrected chi connectivity index (χ2v) is 5.91. The zero-order valence-corrected chi connectivity index (χ0v) is 13.1. The Kier molecular flexibility index (Phi) is 6.40. The molecule has 0 aliphatic heterocycles. The van der Waals surface area contributed by atoms with Crippen LogP contribution in [0.5, 0.6) is 5.75 Å². The zero-order chi connectivity index (χ0) is 14.5. The standard InChI is InChI=1S/C14H21Cl2NO2/c1-4-17-9-10-7-11(15)8-12(16)13(10)19-6-5-14(2,3)18/h7-8,17-18H,4-6,9H2,1-3H3. The average molecular weight is 306 g/mol. The summed E-state index contributed by atoms with van der Waals surface area (Å²) in [4.78, 5) is 0. The van der Waals surface area contributed by atoms with Gasteiger partial charge in [0.1, 0.15) is 5.75 Å². The minimum absolute atomic E-state index is 0.407. The van der Waals surface area contributed by atoms with E-state index in [4.69, 9.17) is 27.9 Å². The first-order chi connectivity index (χ1) is 8.83. The highest BCUT2D eigenvalue weighted by molar-refractivity contribution is 6.35. The van der Waals surface area contributed by atoms with Crippen molar-refractivity contribution in [1.82, 2.24) is 5.32 Å². The molecular weight excluding hydrogens is 285 g/mol. The Morgan fingerprint density at radius 2 is 2.00 bits per heavy atom. The summed E-state index contributed by atoms with van der Waals surface area (Å²) in [5, 5.41) is 14.0. The highest BCUT2D eigenvalue weighted by Gasteiger charge is 2.15. The Morgan fingerprint density at radius 1 is 1.32 bits per heavy atom. The van der Waals surface area contributed by atoms with Crippen LogP contribution in [0.15, 0.2) is 12.1 Å². The van der Waals surface area contributed by atoms with Crippen LogP contribution in [-0.2, 0) is 6.54 Å². The molecule has 0 atom stereocenters. The predicted octanol–water partition coefficient (Wildman–Crippen LogP) is 3.64. The fourth-order valence-electron chi connectivity index (χ4n) is 1.57. The van der Waals surface area contributed by atoms with Crippen molar-refractivity contribution in [1.29, 1.82) is 0 Å². The Labute approximate surface area is 124 Å². The molecule has 0 saturated heterocycles. The lowest BCUT2D eigenvalue weighted by Gasteiger charge is -2.19. The van der Waals surface area contributed by atoms with Crippen LogP contribution in [0.25, 0.3) is 0 Å². The SMILES string of the molecule is CCNCc1cc(Cl)cc(Cl)c1OCCC(C)(C)O. The van der Waals surface area contributed by atoms with Crippen LogP contribution in [0.1, 0.15) is 32.8 Å². The summed E-state index contributed by atoms with van der Waals surface area (Å²) in [5.74, 6) is 0.635. The van der Waals surface area contributed by atoms with E-state index in [1.807, 2.05) is 13.0 Å². The maximum Gasteiger partial charge on any atom is 0.142 e. The molecule has 0 bridgehead atoms.